The van der Waals surface area contributed by atoms with E-state index < -0.39 is 6.10 Å². The molecular weight excluding hydrogens is 148 g/mol. The molecule has 58 valence electrons. The molecule has 0 bridgehead atoms. The number of aliphatic hydroxyl groups excluding tert-OH is 1. The molecule has 4 heteroatoms. The first kappa shape index (κ1) is 9.76. The Morgan fingerprint density at radius 3 is 2.20 bits per heavy atom. The highest BCUT2D eigenvalue weighted by Gasteiger charge is 2.19. The minimum Gasteiger partial charge on any atom is -0.393 e. The van der Waals surface area contributed by atoms with E-state index in [1.807, 2.05) is 6.07 Å². The highest BCUT2D eigenvalue weighted by atomic mass is 32.1. The maximum absolute atomic E-state index is 9.03. The molecule has 2 N–H and O–H groups in total. The maximum Gasteiger partial charge on any atom is 0.109 e. The third-order valence-corrected chi connectivity index (χ3v) is 1.84. The van der Waals surface area contributed by atoms with Crippen LogP contribution in [-0.4, -0.2) is 17.3 Å². The van der Waals surface area contributed by atoms with E-state index in [0.29, 0.717) is 0 Å². The van der Waals surface area contributed by atoms with Crippen molar-refractivity contribution in [3.63, 3.8) is 0 Å². The van der Waals surface area contributed by atoms with Gasteiger partial charge in [0.1, 0.15) is 6.04 Å². The zero-order chi connectivity index (χ0) is 8.15. The maximum atomic E-state index is 9.03. The summed E-state index contributed by atoms with van der Waals surface area (Å²) in [5, 5.41) is 17.5. The van der Waals surface area contributed by atoms with Crippen molar-refractivity contribution in [1.82, 2.24) is 4.72 Å². The van der Waals surface area contributed by atoms with Gasteiger partial charge >= 0.3 is 0 Å². The summed E-state index contributed by atoms with van der Waals surface area (Å²) in [6.07, 6.45) is -0.482. The normalized spacial score (nSPS) is 19.1. The second kappa shape index (κ2) is 4.56. The Labute approximate surface area is 66.6 Å². The molecule has 0 aliphatic rings. The molecule has 0 aliphatic heterocycles. The number of nitrogens with one attached hydrogen (secondary N) is 1. The van der Waals surface area contributed by atoms with Crippen LogP contribution in [-0.2, 0) is 0 Å². The molecule has 3 nitrogen and oxygen atoms in total. The fourth-order valence-electron chi connectivity index (χ4n) is 0.543. The van der Waals surface area contributed by atoms with Gasteiger partial charge < -0.3 is 5.11 Å². The second-order valence-corrected chi connectivity index (χ2v) is 2.59. The number of hydrogen-bond acceptors (Lipinski definition) is 4. The Balaban J connectivity index is 3.92. The lowest BCUT2D eigenvalue weighted by Crippen LogP contribution is -2.33. The van der Waals surface area contributed by atoms with Crippen LogP contribution in [0.1, 0.15) is 13.8 Å². The number of hydrogen-bond donors (Lipinski definition) is 3. The monoisotopic (exact) mass is 160 g/mol. The Morgan fingerprint density at radius 1 is 1.60 bits per heavy atom. The molecule has 0 aromatic carbocycles. The van der Waals surface area contributed by atoms with E-state index in [0.717, 1.165) is 0 Å². The van der Waals surface area contributed by atoms with E-state index >= 15 is 0 Å². The van der Waals surface area contributed by atoms with Crippen LogP contribution < -0.4 is 4.72 Å². The van der Waals surface area contributed by atoms with Crippen LogP contribution in [0.2, 0.25) is 0 Å². The molecule has 10 heavy (non-hydrogen) atoms. The minimum absolute atomic E-state index is 0.0949. The Kier molecular flexibility index (Phi) is 4.45. The van der Waals surface area contributed by atoms with Gasteiger partial charge in [-0.3, -0.25) is 0 Å². The molecule has 0 saturated heterocycles. The number of nitriles is 1. The minimum atomic E-state index is -0.482. The molecule has 0 unspecified atom stereocenters. The summed E-state index contributed by atoms with van der Waals surface area (Å²) in [5.41, 5.74) is 0. The number of aliphatic hydroxyl groups is 1. The highest BCUT2D eigenvalue weighted by Crippen LogP contribution is 2.07. The summed E-state index contributed by atoms with van der Waals surface area (Å²) < 4.78 is 2.51. The van der Waals surface area contributed by atoms with Gasteiger partial charge in [0, 0.05) is 5.92 Å². The van der Waals surface area contributed by atoms with Gasteiger partial charge in [-0.2, -0.15) is 5.26 Å². The standard InChI is InChI=1S/C6H12N2OS/c1-4(5(2)9)6(3-7)8-10/h4-6,8-10H,1-2H3/t4-,5-,6+/m0/s1. The van der Waals surface area contributed by atoms with Crippen LogP contribution >= 0.6 is 12.8 Å². The lowest BCUT2D eigenvalue weighted by molar-refractivity contribution is 0.127. The molecule has 0 heterocycles. The summed E-state index contributed by atoms with van der Waals surface area (Å²) in [7, 11) is 0. The van der Waals surface area contributed by atoms with E-state index in [2.05, 4.69) is 17.5 Å². The molecule has 0 aromatic rings. The van der Waals surface area contributed by atoms with Crippen molar-refractivity contribution in [2.45, 2.75) is 26.0 Å². The van der Waals surface area contributed by atoms with E-state index in [9.17, 15) is 0 Å². The zero-order valence-electron chi connectivity index (χ0n) is 6.07. The SMILES string of the molecule is C[C@@H]([C@H](C)O)[C@@H](C#N)NS. The summed E-state index contributed by atoms with van der Waals surface area (Å²) in [5.74, 6) is -0.0949. The van der Waals surface area contributed by atoms with Crippen molar-refractivity contribution >= 4 is 12.8 Å². The number of thiol groups is 1. The van der Waals surface area contributed by atoms with Gasteiger partial charge in [-0.25, -0.2) is 4.72 Å². The molecule has 0 radical (unpaired) electrons. The second-order valence-electron chi connectivity index (χ2n) is 2.34. The van der Waals surface area contributed by atoms with E-state index in [-0.39, 0.29) is 12.0 Å². The van der Waals surface area contributed by atoms with Crippen LogP contribution in [0.4, 0.5) is 0 Å². The first-order valence-corrected chi connectivity index (χ1v) is 3.55. The summed E-state index contributed by atoms with van der Waals surface area (Å²) >= 11 is 3.75. The van der Waals surface area contributed by atoms with Crippen molar-refractivity contribution < 1.29 is 5.11 Å². The molecule has 0 aliphatic carbocycles. The molecule has 0 saturated carbocycles. The molecule has 0 amide bonds. The highest BCUT2D eigenvalue weighted by molar-refractivity contribution is 7.78. The topological polar surface area (TPSA) is 56.0 Å². The largest absolute Gasteiger partial charge is 0.393 e. The predicted molar refractivity (Wildman–Crippen MR) is 42.4 cm³/mol. The van der Waals surface area contributed by atoms with Crippen LogP contribution in [0.3, 0.4) is 0 Å². The average molecular weight is 160 g/mol. The van der Waals surface area contributed by atoms with Gasteiger partial charge in [0.25, 0.3) is 0 Å². The quantitative estimate of drug-likeness (QED) is 0.521. The third kappa shape index (κ3) is 2.56. The van der Waals surface area contributed by atoms with E-state index in [1.165, 1.54) is 0 Å². The van der Waals surface area contributed by atoms with Crippen LogP contribution in [0.15, 0.2) is 0 Å². The molecule has 0 fully saturated rings. The van der Waals surface area contributed by atoms with Crippen molar-refractivity contribution in [3.8, 4) is 6.07 Å². The van der Waals surface area contributed by atoms with Gasteiger partial charge in [0.2, 0.25) is 0 Å². The van der Waals surface area contributed by atoms with Crippen molar-refractivity contribution in [3.05, 3.63) is 0 Å². The lowest BCUT2D eigenvalue weighted by Gasteiger charge is -2.18. The van der Waals surface area contributed by atoms with E-state index in [1.54, 1.807) is 13.8 Å². The van der Waals surface area contributed by atoms with Crippen LogP contribution in [0.5, 0.6) is 0 Å². The van der Waals surface area contributed by atoms with Gasteiger partial charge in [-0.15, -0.1) is 0 Å². The van der Waals surface area contributed by atoms with Crippen LogP contribution in [0.25, 0.3) is 0 Å². The fourth-order valence-corrected chi connectivity index (χ4v) is 0.835. The lowest BCUT2D eigenvalue weighted by atomic mass is 9.99. The number of nitrogens with zero attached hydrogens (tertiary/aromatic N) is 1. The molecule has 0 aromatic heterocycles. The Morgan fingerprint density at radius 2 is 2.10 bits per heavy atom. The van der Waals surface area contributed by atoms with Crippen molar-refractivity contribution in [1.29, 1.82) is 5.26 Å². The number of rotatable bonds is 3. The summed E-state index contributed by atoms with van der Waals surface area (Å²) in [6.45, 7) is 3.45. The average Bonchev–Trinajstić information content (AvgIpc) is 1.90. The molecule has 0 spiro atoms. The first-order chi connectivity index (χ1) is 4.63. The smallest absolute Gasteiger partial charge is 0.109 e. The van der Waals surface area contributed by atoms with Crippen molar-refractivity contribution in [2.24, 2.45) is 5.92 Å². The van der Waals surface area contributed by atoms with Gasteiger partial charge in [0.05, 0.1) is 12.2 Å². The summed E-state index contributed by atoms with van der Waals surface area (Å²) in [6, 6.07) is 1.60. The fraction of sp³-hybridized carbons (Fsp3) is 0.833. The zero-order valence-corrected chi connectivity index (χ0v) is 6.97. The van der Waals surface area contributed by atoms with Gasteiger partial charge in [-0.1, -0.05) is 19.7 Å². The molecule has 3 atom stereocenters. The Hall–Kier alpha value is -0.240. The Bertz CT molecular complexity index is 132. The first-order valence-electron chi connectivity index (χ1n) is 3.10. The van der Waals surface area contributed by atoms with E-state index in [4.69, 9.17) is 10.4 Å². The van der Waals surface area contributed by atoms with Crippen molar-refractivity contribution in [2.75, 3.05) is 0 Å². The third-order valence-electron chi connectivity index (χ3n) is 1.56. The predicted octanol–water partition coefficient (Wildman–Crippen LogP) is 0.330. The van der Waals surface area contributed by atoms with Gasteiger partial charge in [-0.05, 0) is 6.92 Å². The van der Waals surface area contributed by atoms with Crippen LogP contribution in [0, 0.1) is 17.2 Å². The summed E-state index contributed by atoms with van der Waals surface area (Å²) in [4.78, 5) is 0. The van der Waals surface area contributed by atoms with Gasteiger partial charge in [0.15, 0.2) is 0 Å². The molecular formula is C6H12N2OS. The molecule has 0 rings (SSSR count).